The zero-order valence-corrected chi connectivity index (χ0v) is 17.6. The molecule has 0 bridgehead atoms. The predicted octanol–water partition coefficient (Wildman–Crippen LogP) is 3.35. The summed E-state index contributed by atoms with van der Waals surface area (Å²) in [5.41, 5.74) is 5.52. The van der Waals surface area contributed by atoms with Gasteiger partial charge in [0.05, 0.1) is 36.1 Å². The number of hydrogen-bond donors (Lipinski definition) is 2. The number of halogens is 3. The zero-order valence-electron chi connectivity index (χ0n) is 17.6. The maximum atomic E-state index is 13.3. The van der Waals surface area contributed by atoms with Gasteiger partial charge in [0.2, 0.25) is 0 Å². The second-order valence-corrected chi connectivity index (χ2v) is 8.25. The number of hydrogen-bond acceptors (Lipinski definition) is 6. The number of aromatic nitrogens is 5. The van der Waals surface area contributed by atoms with E-state index in [-0.39, 0.29) is 11.6 Å². The van der Waals surface area contributed by atoms with E-state index in [1.54, 1.807) is 6.20 Å². The minimum atomic E-state index is -4.58. The summed E-state index contributed by atoms with van der Waals surface area (Å²) in [7, 11) is 0. The summed E-state index contributed by atoms with van der Waals surface area (Å²) < 4.78 is 48.0. The van der Waals surface area contributed by atoms with Gasteiger partial charge in [0, 0.05) is 37.2 Å². The number of nitrogen functional groups attached to an aromatic ring is 1. The molecular weight excluding hydrogens is 423 g/mol. The van der Waals surface area contributed by atoms with Gasteiger partial charge in [-0.2, -0.15) is 18.3 Å². The summed E-state index contributed by atoms with van der Waals surface area (Å²) in [6.45, 7) is 4.63. The number of aromatic amines is 1. The molecule has 0 aromatic carbocycles. The van der Waals surface area contributed by atoms with E-state index in [4.69, 9.17) is 10.5 Å². The second kappa shape index (κ2) is 7.59. The summed E-state index contributed by atoms with van der Waals surface area (Å²) in [6.07, 6.45) is 1.98. The highest BCUT2D eigenvalue weighted by atomic mass is 19.4. The van der Waals surface area contributed by atoms with Crippen LogP contribution < -0.4 is 5.73 Å². The van der Waals surface area contributed by atoms with Crippen LogP contribution in [0.1, 0.15) is 42.9 Å². The zero-order chi connectivity index (χ0) is 22.5. The third-order valence-corrected chi connectivity index (χ3v) is 6.37. The topological polar surface area (TPSA) is 97.9 Å². The molecule has 3 aromatic rings. The van der Waals surface area contributed by atoms with E-state index in [1.807, 2.05) is 16.9 Å². The first-order chi connectivity index (χ1) is 15.3. The molecule has 11 heteroatoms. The van der Waals surface area contributed by atoms with E-state index in [1.165, 1.54) is 6.20 Å². The van der Waals surface area contributed by atoms with Crippen molar-refractivity contribution in [1.29, 1.82) is 0 Å². The molecule has 2 aliphatic rings. The number of nitrogens with one attached hydrogen (secondary N) is 1. The fraction of sp³-hybridized carbons (Fsp3) is 0.476. The van der Waals surface area contributed by atoms with Gasteiger partial charge >= 0.3 is 6.18 Å². The number of rotatable bonds is 4. The Balaban J connectivity index is 1.47. The lowest BCUT2D eigenvalue weighted by molar-refractivity contribution is -0.137. The highest BCUT2D eigenvalue weighted by molar-refractivity contribution is 5.63. The first kappa shape index (κ1) is 21.0. The Bertz CT molecular complexity index is 1110. The number of alkyl halides is 3. The Morgan fingerprint density at radius 3 is 2.84 bits per heavy atom. The van der Waals surface area contributed by atoms with Gasteiger partial charge < -0.3 is 15.5 Å². The van der Waals surface area contributed by atoms with Crippen LogP contribution in [0.5, 0.6) is 0 Å². The average Bonchev–Trinajstić information content (AvgIpc) is 3.50. The second-order valence-electron chi connectivity index (χ2n) is 8.25. The average molecular weight is 447 g/mol. The number of pyridine rings is 1. The third-order valence-electron chi connectivity index (χ3n) is 6.37. The van der Waals surface area contributed by atoms with Gasteiger partial charge in [-0.05, 0) is 25.0 Å². The lowest BCUT2D eigenvalue weighted by atomic mass is 9.96. The molecule has 0 radical (unpaired) electrons. The Hall–Kier alpha value is -2.92. The largest absolute Gasteiger partial charge is 0.419 e. The molecule has 0 amide bonds. The van der Waals surface area contributed by atoms with Gasteiger partial charge in [0.15, 0.2) is 0 Å². The molecule has 1 spiro atoms. The molecule has 3 aromatic heterocycles. The molecule has 2 unspecified atom stereocenters. The molecule has 32 heavy (non-hydrogen) atoms. The molecule has 5 heterocycles. The fourth-order valence-electron chi connectivity index (χ4n) is 4.83. The van der Waals surface area contributed by atoms with Crippen molar-refractivity contribution >= 4 is 5.82 Å². The monoisotopic (exact) mass is 447 g/mol. The highest BCUT2D eigenvalue weighted by Crippen LogP contribution is 2.43. The van der Waals surface area contributed by atoms with Gasteiger partial charge in [0.1, 0.15) is 17.2 Å². The van der Waals surface area contributed by atoms with E-state index >= 15 is 0 Å². The molecule has 0 saturated carbocycles. The van der Waals surface area contributed by atoms with Crippen molar-refractivity contribution < 1.29 is 17.9 Å². The van der Waals surface area contributed by atoms with E-state index in [9.17, 15) is 13.2 Å². The lowest BCUT2D eigenvalue weighted by Crippen LogP contribution is -2.41. The van der Waals surface area contributed by atoms with Crippen LogP contribution in [0.4, 0.5) is 19.0 Å². The smallest absolute Gasteiger partial charge is 0.383 e. The standard InChI is InChI=1S/C21H24F3N7O/c1-2-16(19-26-4-5-27-19)30-6-3-20(12-30)17-10-15(29-31(17)7-8-32-20)13-9-14(21(22,23)24)18(25)28-11-13/h4-5,9-11,16H,2-3,6-8,12H2,1H3,(H2,25,28)(H,26,27). The number of ether oxygens (including phenoxy) is 1. The van der Waals surface area contributed by atoms with Crippen molar-refractivity contribution in [3.05, 3.63) is 47.8 Å². The van der Waals surface area contributed by atoms with Crippen molar-refractivity contribution in [2.45, 2.75) is 44.1 Å². The summed E-state index contributed by atoms with van der Waals surface area (Å²) in [6, 6.07) is 2.97. The van der Waals surface area contributed by atoms with E-state index in [0.717, 1.165) is 37.0 Å². The van der Waals surface area contributed by atoms with Crippen LogP contribution in [0.15, 0.2) is 30.7 Å². The summed E-state index contributed by atoms with van der Waals surface area (Å²) in [5, 5.41) is 4.58. The molecule has 5 rings (SSSR count). The summed E-state index contributed by atoms with van der Waals surface area (Å²) in [4.78, 5) is 13.7. The number of H-pyrrole nitrogens is 1. The molecule has 2 aliphatic heterocycles. The van der Waals surface area contributed by atoms with Gasteiger partial charge in [-0.25, -0.2) is 9.97 Å². The number of nitrogens with two attached hydrogens (primary N) is 1. The SMILES string of the molecule is CCC(c1ncc[nH]1)N1CCC2(C1)OCCn1nc(-c3cnc(N)c(C(F)(F)F)c3)cc12. The van der Waals surface area contributed by atoms with Crippen LogP contribution in [0, 0.1) is 0 Å². The summed E-state index contributed by atoms with van der Waals surface area (Å²) in [5.74, 6) is 0.377. The van der Waals surface area contributed by atoms with Gasteiger partial charge in [0.25, 0.3) is 0 Å². The fourth-order valence-corrected chi connectivity index (χ4v) is 4.83. The molecule has 0 aliphatic carbocycles. The van der Waals surface area contributed by atoms with E-state index in [2.05, 4.69) is 31.9 Å². The number of anilines is 1. The number of fused-ring (bicyclic) bond motifs is 2. The van der Waals surface area contributed by atoms with Crippen molar-refractivity contribution in [3.63, 3.8) is 0 Å². The van der Waals surface area contributed by atoms with Gasteiger partial charge in [-0.3, -0.25) is 9.58 Å². The normalized spacial score (nSPS) is 22.4. The third kappa shape index (κ3) is 3.45. The summed E-state index contributed by atoms with van der Waals surface area (Å²) >= 11 is 0. The van der Waals surface area contributed by atoms with E-state index < -0.39 is 23.2 Å². The van der Waals surface area contributed by atoms with Crippen molar-refractivity contribution in [3.8, 4) is 11.3 Å². The van der Waals surface area contributed by atoms with Crippen LogP contribution in [0.3, 0.4) is 0 Å². The van der Waals surface area contributed by atoms with Crippen LogP contribution in [-0.2, 0) is 23.1 Å². The van der Waals surface area contributed by atoms with Crippen LogP contribution in [0.2, 0.25) is 0 Å². The van der Waals surface area contributed by atoms with Crippen molar-refractivity contribution in [2.24, 2.45) is 0 Å². The Kier molecular flexibility index (Phi) is 4.97. The predicted molar refractivity (Wildman–Crippen MR) is 110 cm³/mol. The number of likely N-dealkylation sites (tertiary alicyclic amines) is 1. The molecule has 1 saturated heterocycles. The Morgan fingerprint density at radius 2 is 2.12 bits per heavy atom. The van der Waals surface area contributed by atoms with Gasteiger partial charge in [-0.1, -0.05) is 6.92 Å². The first-order valence-corrected chi connectivity index (χ1v) is 10.6. The van der Waals surface area contributed by atoms with Crippen LogP contribution in [-0.4, -0.2) is 49.3 Å². The molecule has 8 nitrogen and oxygen atoms in total. The van der Waals surface area contributed by atoms with Crippen LogP contribution >= 0.6 is 0 Å². The molecule has 170 valence electrons. The Morgan fingerprint density at radius 1 is 1.28 bits per heavy atom. The maximum Gasteiger partial charge on any atom is 0.419 e. The maximum absolute atomic E-state index is 13.3. The molecular formula is C21H24F3N7O. The quantitative estimate of drug-likeness (QED) is 0.637. The highest BCUT2D eigenvalue weighted by Gasteiger charge is 2.47. The first-order valence-electron chi connectivity index (χ1n) is 10.6. The Labute approximate surface area is 182 Å². The number of imidazole rings is 1. The van der Waals surface area contributed by atoms with E-state index in [0.29, 0.717) is 25.4 Å². The van der Waals surface area contributed by atoms with Gasteiger partial charge in [-0.15, -0.1) is 0 Å². The minimum Gasteiger partial charge on any atom is -0.383 e. The minimum absolute atomic E-state index is 0.140. The molecule has 2 atom stereocenters. The molecule has 3 N–H and O–H groups in total. The molecule has 1 fully saturated rings. The van der Waals surface area contributed by atoms with Crippen molar-refractivity contribution in [1.82, 2.24) is 29.6 Å². The lowest BCUT2D eigenvalue weighted by Gasteiger charge is -2.35. The van der Waals surface area contributed by atoms with Crippen LogP contribution in [0.25, 0.3) is 11.3 Å². The number of nitrogens with zero attached hydrogens (tertiary/aromatic N) is 5. The van der Waals surface area contributed by atoms with Crippen molar-refractivity contribution in [2.75, 3.05) is 25.4 Å².